The van der Waals surface area contributed by atoms with E-state index in [2.05, 4.69) is 10.2 Å². The largest absolute Gasteiger partial charge is 0.379 e. The monoisotopic (exact) mass is 387 g/mol. The van der Waals surface area contributed by atoms with Crippen LogP contribution >= 0.6 is 11.6 Å². The molecule has 1 N–H and O–H groups in total. The molecule has 1 aromatic heterocycles. The summed E-state index contributed by atoms with van der Waals surface area (Å²) in [7, 11) is 0. The molecule has 1 saturated heterocycles. The number of aromatic nitrogens is 1. The predicted octanol–water partition coefficient (Wildman–Crippen LogP) is 3.22. The summed E-state index contributed by atoms with van der Waals surface area (Å²) in [6.07, 6.45) is 5.25. The number of hydrogen-bond acceptors (Lipinski definition) is 4. The second-order valence-electron chi connectivity index (χ2n) is 7.35. The van der Waals surface area contributed by atoms with Crippen LogP contribution in [0.25, 0.3) is 10.9 Å². The van der Waals surface area contributed by atoms with E-state index < -0.39 is 0 Å². The number of ether oxygens (including phenoxy) is 1. The normalized spacial score (nSPS) is 17.7. The summed E-state index contributed by atoms with van der Waals surface area (Å²) in [5.74, 6) is -0.0467. The van der Waals surface area contributed by atoms with Gasteiger partial charge >= 0.3 is 0 Å². The van der Waals surface area contributed by atoms with Gasteiger partial charge in [-0.2, -0.15) is 0 Å². The fourth-order valence-electron chi connectivity index (χ4n) is 3.94. The Bertz CT molecular complexity index is 834. The molecule has 6 heteroatoms. The summed E-state index contributed by atoms with van der Waals surface area (Å²) in [5, 5.41) is 4.78. The van der Waals surface area contributed by atoms with Crippen LogP contribution in [-0.2, 0) is 17.6 Å². The van der Waals surface area contributed by atoms with Gasteiger partial charge in [-0.1, -0.05) is 17.7 Å². The Hall–Kier alpha value is -1.69. The number of carbonyl (C=O) groups excluding carboxylic acids is 1. The fraction of sp³-hybridized carbons (Fsp3) is 0.524. The Morgan fingerprint density at radius 3 is 2.89 bits per heavy atom. The summed E-state index contributed by atoms with van der Waals surface area (Å²) in [6, 6.07) is 5.65. The van der Waals surface area contributed by atoms with Crippen LogP contribution in [0, 0.1) is 0 Å². The zero-order valence-corrected chi connectivity index (χ0v) is 16.4. The first kappa shape index (κ1) is 18.7. The molecule has 2 aliphatic rings. The van der Waals surface area contributed by atoms with Crippen molar-refractivity contribution >= 4 is 28.4 Å². The average molecular weight is 388 g/mol. The molecule has 27 heavy (non-hydrogen) atoms. The van der Waals surface area contributed by atoms with E-state index in [4.69, 9.17) is 21.3 Å². The van der Waals surface area contributed by atoms with Gasteiger partial charge in [-0.3, -0.25) is 14.7 Å². The lowest BCUT2D eigenvalue weighted by atomic mass is 9.94. The third-order valence-electron chi connectivity index (χ3n) is 5.50. The van der Waals surface area contributed by atoms with Gasteiger partial charge in [-0.25, -0.2) is 0 Å². The molecule has 0 spiro atoms. The number of pyridine rings is 1. The maximum atomic E-state index is 12.5. The molecule has 144 valence electrons. The fourth-order valence-corrected chi connectivity index (χ4v) is 4.30. The average Bonchev–Trinajstić information content (AvgIpc) is 2.71. The molecule has 0 bridgehead atoms. The molecule has 2 heterocycles. The van der Waals surface area contributed by atoms with Gasteiger partial charge < -0.3 is 10.1 Å². The Kier molecular flexibility index (Phi) is 5.91. The molecule has 4 rings (SSSR count). The first-order chi connectivity index (χ1) is 13.2. The Labute approximate surface area is 165 Å². The molecule has 0 saturated carbocycles. The van der Waals surface area contributed by atoms with E-state index in [0.29, 0.717) is 12.1 Å². The maximum absolute atomic E-state index is 12.5. The van der Waals surface area contributed by atoms with Gasteiger partial charge in [0.05, 0.1) is 23.8 Å². The minimum absolute atomic E-state index is 0.0467. The number of aryl methyl sites for hydroxylation is 1. The minimum Gasteiger partial charge on any atom is -0.379 e. The van der Waals surface area contributed by atoms with Crippen LogP contribution in [0.4, 0.5) is 0 Å². The van der Waals surface area contributed by atoms with Crippen LogP contribution in [0.2, 0.25) is 5.02 Å². The van der Waals surface area contributed by atoms with Crippen molar-refractivity contribution in [2.45, 2.75) is 32.1 Å². The van der Waals surface area contributed by atoms with Gasteiger partial charge in [-0.05, 0) is 56.3 Å². The summed E-state index contributed by atoms with van der Waals surface area (Å²) < 4.78 is 5.35. The summed E-state index contributed by atoms with van der Waals surface area (Å²) in [5.41, 5.74) is 3.76. The van der Waals surface area contributed by atoms with Crippen molar-refractivity contribution in [1.82, 2.24) is 15.2 Å². The molecule has 5 nitrogen and oxygen atoms in total. The number of morpholine rings is 1. The van der Waals surface area contributed by atoms with Crippen molar-refractivity contribution in [1.29, 1.82) is 0 Å². The molecule has 0 atom stereocenters. The topological polar surface area (TPSA) is 54.5 Å². The number of carbonyl (C=O) groups is 1. The molecule has 0 unspecified atom stereocenters. The van der Waals surface area contributed by atoms with Crippen LogP contribution in [0.15, 0.2) is 18.2 Å². The van der Waals surface area contributed by atoms with Crippen molar-refractivity contribution in [3.05, 3.63) is 40.0 Å². The number of rotatable bonds is 5. The molecular formula is C21H26ClN3O2. The summed E-state index contributed by atoms with van der Waals surface area (Å²) in [6.45, 7) is 5.24. The molecule has 0 radical (unpaired) electrons. The minimum atomic E-state index is -0.0467. The van der Waals surface area contributed by atoms with Crippen LogP contribution in [0.1, 0.15) is 40.9 Å². The number of hydrogen-bond donors (Lipinski definition) is 1. The van der Waals surface area contributed by atoms with Crippen LogP contribution in [0.5, 0.6) is 0 Å². The summed E-state index contributed by atoms with van der Waals surface area (Å²) >= 11 is 6.61. The molecular weight excluding hydrogens is 362 g/mol. The number of nitrogens with one attached hydrogen (secondary N) is 1. The second-order valence-corrected chi connectivity index (χ2v) is 7.73. The Morgan fingerprint density at radius 2 is 2.04 bits per heavy atom. The van der Waals surface area contributed by atoms with Gasteiger partial charge in [0.15, 0.2) is 0 Å². The lowest BCUT2D eigenvalue weighted by molar-refractivity contribution is 0.0374. The zero-order valence-electron chi connectivity index (χ0n) is 15.6. The van der Waals surface area contributed by atoms with Crippen molar-refractivity contribution in [2.75, 3.05) is 39.4 Å². The van der Waals surface area contributed by atoms with E-state index in [1.165, 1.54) is 12.0 Å². The van der Waals surface area contributed by atoms with E-state index in [0.717, 1.165) is 80.2 Å². The van der Waals surface area contributed by atoms with Crippen molar-refractivity contribution in [3.63, 3.8) is 0 Å². The quantitative estimate of drug-likeness (QED) is 0.800. The third kappa shape index (κ3) is 4.26. The van der Waals surface area contributed by atoms with Gasteiger partial charge in [0.25, 0.3) is 5.91 Å². The lowest BCUT2D eigenvalue weighted by Crippen LogP contribution is -2.38. The first-order valence-electron chi connectivity index (χ1n) is 9.92. The number of halogens is 1. The highest BCUT2D eigenvalue weighted by molar-refractivity contribution is 6.36. The van der Waals surface area contributed by atoms with Crippen molar-refractivity contribution < 1.29 is 9.53 Å². The number of fused-ring (bicyclic) bond motifs is 2. The standard InChI is InChI=1S/C21H26ClN3O2/c22-20-16-4-1-2-5-18(16)24-19-14-15(6-7-17(19)20)21(26)23-8-3-9-25-10-12-27-13-11-25/h6-7,14H,1-5,8-13H2,(H,23,26). The highest BCUT2D eigenvalue weighted by atomic mass is 35.5. The van der Waals surface area contributed by atoms with Crippen molar-refractivity contribution in [3.8, 4) is 0 Å². The van der Waals surface area contributed by atoms with E-state index in [-0.39, 0.29) is 5.91 Å². The van der Waals surface area contributed by atoms with Gasteiger partial charge in [0.2, 0.25) is 0 Å². The van der Waals surface area contributed by atoms with Crippen molar-refractivity contribution in [2.24, 2.45) is 0 Å². The second kappa shape index (κ2) is 8.55. The molecule has 2 aromatic rings. The number of benzene rings is 1. The van der Waals surface area contributed by atoms with Gasteiger partial charge in [0.1, 0.15) is 0 Å². The van der Waals surface area contributed by atoms with Gasteiger partial charge in [-0.15, -0.1) is 0 Å². The first-order valence-corrected chi connectivity index (χ1v) is 10.3. The SMILES string of the molecule is O=C(NCCCN1CCOCC1)c1ccc2c(Cl)c3c(nc2c1)CCCC3. The lowest BCUT2D eigenvalue weighted by Gasteiger charge is -2.26. The van der Waals surface area contributed by atoms with Crippen LogP contribution < -0.4 is 5.32 Å². The van der Waals surface area contributed by atoms with E-state index in [1.54, 1.807) is 0 Å². The molecule has 1 aromatic carbocycles. The Balaban J connectivity index is 1.40. The molecule has 1 aliphatic heterocycles. The Morgan fingerprint density at radius 1 is 1.22 bits per heavy atom. The number of amides is 1. The zero-order chi connectivity index (χ0) is 18.6. The molecule has 1 amide bonds. The maximum Gasteiger partial charge on any atom is 0.251 e. The highest BCUT2D eigenvalue weighted by Crippen LogP contribution is 2.33. The smallest absolute Gasteiger partial charge is 0.251 e. The third-order valence-corrected chi connectivity index (χ3v) is 5.93. The van der Waals surface area contributed by atoms with Crippen LogP contribution in [0.3, 0.4) is 0 Å². The highest BCUT2D eigenvalue weighted by Gasteiger charge is 2.18. The summed E-state index contributed by atoms with van der Waals surface area (Å²) in [4.78, 5) is 19.7. The van der Waals surface area contributed by atoms with Crippen LogP contribution in [-0.4, -0.2) is 55.2 Å². The van der Waals surface area contributed by atoms with E-state index in [1.807, 2.05) is 18.2 Å². The van der Waals surface area contributed by atoms with E-state index in [9.17, 15) is 4.79 Å². The predicted molar refractivity (Wildman–Crippen MR) is 108 cm³/mol. The molecule has 1 fully saturated rings. The molecule has 1 aliphatic carbocycles. The van der Waals surface area contributed by atoms with Gasteiger partial charge in [0, 0.05) is 36.3 Å². The van der Waals surface area contributed by atoms with E-state index >= 15 is 0 Å². The number of nitrogens with zero attached hydrogens (tertiary/aromatic N) is 2.